The number of hydrogen-bond donors (Lipinski definition) is 1. The Morgan fingerprint density at radius 1 is 1.20 bits per heavy atom. The number of carboxylic acids is 1. The summed E-state index contributed by atoms with van der Waals surface area (Å²) >= 11 is 0. The molecule has 0 unspecified atom stereocenters. The number of hydrogen-bond acceptors (Lipinski definition) is 5. The molecule has 0 atom stereocenters. The lowest BCUT2D eigenvalue weighted by Crippen LogP contribution is -2.34. The number of ether oxygens (including phenoxy) is 1. The molecular formula is C26H33N3O5S. The first-order valence-corrected chi connectivity index (χ1v) is 13.6. The highest BCUT2D eigenvalue weighted by Gasteiger charge is 2.28. The number of aryl methyl sites for hydroxylation is 1. The quantitative estimate of drug-likeness (QED) is 0.463. The number of sulfonamides is 1. The van der Waals surface area contributed by atoms with Gasteiger partial charge in [-0.15, -0.1) is 0 Å². The summed E-state index contributed by atoms with van der Waals surface area (Å²) in [7, 11) is -4.02. The summed E-state index contributed by atoms with van der Waals surface area (Å²) in [6.45, 7) is 8.28. The Kier molecular flexibility index (Phi) is 7.47. The van der Waals surface area contributed by atoms with Crippen molar-refractivity contribution in [2.75, 3.05) is 24.1 Å². The van der Waals surface area contributed by atoms with Crippen LogP contribution in [0.15, 0.2) is 47.5 Å². The van der Waals surface area contributed by atoms with Crippen molar-refractivity contribution >= 4 is 32.6 Å². The molecule has 2 aromatic carbocycles. The second kappa shape index (κ2) is 10.4. The summed E-state index contributed by atoms with van der Waals surface area (Å²) in [5.74, 6) is -0.742. The van der Waals surface area contributed by atoms with Gasteiger partial charge in [0.15, 0.2) is 0 Å². The summed E-state index contributed by atoms with van der Waals surface area (Å²) in [5, 5.41) is 14.9. The predicted octanol–water partition coefficient (Wildman–Crippen LogP) is 4.57. The normalized spacial score (nSPS) is 15.1. The first-order valence-electron chi connectivity index (χ1n) is 12.1. The standard InChI is InChI=1S/C26H33N3O5S/c1-4-19-5-7-22(8-6-19)29(15-18(2)3)35(32,33)23-13-21-17-28(16-20-9-11-34-12-10-20)27-25(21)24(14-23)26(30)31/h5-8,13-14,17-18,20H,4,9-12,15-16H2,1-3H3,(H,30,31). The van der Waals surface area contributed by atoms with E-state index in [0.717, 1.165) is 24.8 Å². The van der Waals surface area contributed by atoms with Gasteiger partial charge >= 0.3 is 5.97 Å². The van der Waals surface area contributed by atoms with Crippen LogP contribution < -0.4 is 4.31 Å². The van der Waals surface area contributed by atoms with E-state index in [0.29, 0.717) is 42.3 Å². The molecule has 4 rings (SSSR count). The molecule has 2 heterocycles. The molecule has 0 spiro atoms. The van der Waals surface area contributed by atoms with Gasteiger partial charge in [-0.1, -0.05) is 32.9 Å². The van der Waals surface area contributed by atoms with E-state index in [-0.39, 0.29) is 22.9 Å². The lowest BCUT2D eigenvalue weighted by molar-refractivity contribution is 0.0602. The second-order valence-corrected chi connectivity index (χ2v) is 11.4. The van der Waals surface area contributed by atoms with Gasteiger partial charge in [0.25, 0.3) is 10.0 Å². The number of aromatic nitrogens is 2. The third kappa shape index (κ3) is 5.51. The van der Waals surface area contributed by atoms with Crippen LogP contribution in [0, 0.1) is 11.8 Å². The number of nitrogens with zero attached hydrogens (tertiary/aromatic N) is 3. The number of anilines is 1. The molecule has 0 saturated carbocycles. The van der Waals surface area contributed by atoms with E-state index in [1.54, 1.807) is 29.1 Å². The molecule has 0 amide bonds. The molecule has 1 aliphatic rings. The second-order valence-electron chi connectivity index (χ2n) is 9.57. The SMILES string of the molecule is CCc1ccc(N(CC(C)C)S(=O)(=O)c2cc(C(=O)O)c3nn(CC4CCOCC4)cc3c2)cc1. The van der Waals surface area contributed by atoms with Gasteiger partial charge in [-0.05, 0) is 60.9 Å². The molecule has 1 fully saturated rings. The van der Waals surface area contributed by atoms with Crippen molar-refractivity contribution in [2.45, 2.75) is 51.5 Å². The number of fused-ring (bicyclic) bond motifs is 1. The third-order valence-corrected chi connectivity index (χ3v) is 8.17. The topological polar surface area (TPSA) is 102 Å². The van der Waals surface area contributed by atoms with Crippen molar-refractivity contribution in [3.05, 3.63) is 53.7 Å². The molecule has 3 aromatic rings. The van der Waals surface area contributed by atoms with E-state index in [9.17, 15) is 18.3 Å². The van der Waals surface area contributed by atoms with Crippen LogP contribution in [0.5, 0.6) is 0 Å². The highest BCUT2D eigenvalue weighted by Crippen LogP contribution is 2.30. The minimum atomic E-state index is -4.02. The molecular weight excluding hydrogens is 466 g/mol. The van der Waals surface area contributed by atoms with Crippen molar-refractivity contribution in [2.24, 2.45) is 11.8 Å². The van der Waals surface area contributed by atoms with E-state index in [1.807, 2.05) is 32.9 Å². The highest BCUT2D eigenvalue weighted by molar-refractivity contribution is 7.92. The fourth-order valence-electron chi connectivity index (χ4n) is 4.46. The molecule has 0 aliphatic carbocycles. The Bertz CT molecular complexity index is 1290. The van der Waals surface area contributed by atoms with E-state index in [2.05, 4.69) is 5.10 Å². The summed E-state index contributed by atoms with van der Waals surface area (Å²) in [6, 6.07) is 10.2. The van der Waals surface area contributed by atoms with Crippen LogP contribution in [0.1, 0.15) is 49.5 Å². The summed E-state index contributed by atoms with van der Waals surface area (Å²) < 4.78 is 36.2. The number of benzene rings is 2. The fourth-order valence-corrected chi connectivity index (χ4v) is 6.15. The molecule has 0 bridgehead atoms. The lowest BCUT2D eigenvalue weighted by atomic mass is 10.0. The summed E-state index contributed by atoms with van der Waals surface area (Å²) in [4.78, 5) is 12.1. The van der Waals surface area contributed by atoms with Crippen molar-refractivity contribution in [3.63, 3.8) is 0 Å². The highest BCUT2D eigenvalue weighted by atomic mass is 32.2. The van der Waals surface area contributed by atoms with Crippen LogP contribution in [0.25, 0.3) is 10.9 Å². The number of aromatic carboxylic acids is 1. The summed E-state index contributed by atoms with van der Waals surface area (Å²) in [6.07, 6.45) is 4.44. The van der Waals surface area contributed by atoms with Gasteiger partial charge in [-0.3, -0.25) is 8.99 Å². The predicted molar refractivity (Wildman–Crippen MR) is 135 cm³/mol. The van der Waals surface area contributed by atoms with Gasteiger partial charge < -0.3 is 9.84 Å². The molecule has 1 N–H and O–H groups in total. The lowest BCUT2D eigenvalue weighted by Gasteiger charge is -2.26. The van der Waals surface area contributed by atoms with E-state index in [4.69, 9.17) is 4.74 Å². The van der Waals surface area contributed by atoms with Gasteiger partial charge in [0.1, 0.15) is 5.52 Å². The number of carboxylic acid groups (broad SMARTS) is 1. The van der Waals surface area contributed by atoms with Crippen LogP contribution in [-0.4, -0.2) is 49.0 Å². The summed E-state index contributed by atoms with van der Waals surface area (Å²) in [5.41, 5.74) is 1.86. The van der Waals surface area contributed by atoms with E-state index < -0.39 is 16.0 Å². The smallest absolute Gasteiger partial charge is 0.338 e. The monoisotopic (exact) mass is 499 g/mol. The minimum absolute atomic E-state index is 0.0479. The van der Waals surface area contributed by atoms with E-state index in [1.165, 1.54) is 10.4 Å². The van der Waals surface area contributed by atoms with Crippen molar-refractivity contribution in [1.82, 2.24) is 9.78 Å². The van der Waals surface area contributed by atoms with Gasteiger partial charge in [0.2, 0.25) is 0 Å². The van der Waals surface area contributed by atoms with Gasteiger partial charge in [0.05, 0.1) is 16.1 Å². The number of rotatable bonds is 9. The fraction of sp³-hybridized carbons (Fsp3) is 0.462. The Labute approximate surface area is 206 Å². The first kappa shape index (κ1) is 25.2. The molecule has 1 aromatic heterocycles. The van der Waals surface area contributed by atoms with Crippen LogP contribution >= 0.6 is 0 Å². The average Bonchev–Trinajstić information content (AvgIpc) is 3.24. The van der Waals surface area contributed by atoms with Crippen LogP contribution in [0.3, 0.4) is 0 Å². The molecule has 9 heteroatoms. The number of carbonyl (C=O) groups is 1. The van der Waals surface area contributed by atoms with Crippen LogP contribution in [0.4, 0.5) is 5.69 Å². The molecule has 1 saturated heterocycles. The van der Waals surface area contributed by atoms with Gasteiger partial charge in [-0.2, -0.15) is 5.10 Å². The minimum Gasteiger partial charge on any atom is -0.478 e. The Balaban J connectivity index is 1.76. The van der Waals surface area contributed by atoms with Crippen LogP contribution in [-0.2, 0) is 27.7 Å². The Morgan fingerprint density at radius 3 is 2.49 bits per heavy atom. The third-order valence-electron chi connectivity index (χ3n) is 6.40. The van der Waals surface area contributed by atoms with Crippen molar-refractivity contribution in [3.8, 4) is 0 Å². The zero-order chi connectivity index (χ0) is 25.2. The Morgan fingerprint density at radius 2 is 1.89 bits per heavy atom. The molecule has 35 heavy (non-hydrogen) atoms. The van der Waals surface area contributed by atoms with Crippen molar-refractivity contribution in [1.29, 1.82) is 0 Å². The van der Waals surface area contributed by atoms with Gasteiger partial charge in [-0.25, -0.2) is 13.2 Å². The molecule has 188 valence electrons. The molecule has 1 aliphatic heterocycles. The van der Waals surface area contributed by atoms with Crippen LogP contribution in [0.2, 0.25) is 0 Å². The van der Waals surface area contributed by atoms with E-state index >= 15 is 0 Å². The largest absolute Gasteiger partial charge is 0.478 e. The van der Waals surface area contributed by atoms with Gasteiger partial charge in [0, 0.05) is 37.9 Å². The zero-order valence-corrected chi connectivity index (χ0v) is 21.3. The zero-order valence-electron chi connectivity index (χ0n) is 20.5. The molecule has 0 radical (unpaired) electrons. The maximum Gasteiger partial charge on any atom is 0.338 e. The maximum absolute atomic E-state index is 13.9. The first-order chi connectivity index (χ1) is 16.7. The maximum atomic E-state index is 13.9. The van der Waals surface area contributed by atoms with Crippen molar-refractivity contribution < 1.29 is 23.1 Å². The Hall–Kier alpha value is -2.91. The molecule has 8 nitrogen and oxygen atoms in total. The average molecular weight is 500 g/mol.